The molecule has 2 atom stereocenters. The molecule has 1 aromatic heterocycles. The van der Waals surface area contributed by atoms with Gasteiger partial charge in [0.05, 0.1) is 12.2 Å². The summed E-state index contributed by atoms with van der Waals surface area (Å²) in [6, 6.07) is 2.20. The third-order valence-electron chi connectivity index (χ3n) is 6.65. The molecular weight excluding hydrogens is 326 g/mol. The molecule has 26 heavy (non-hydrogen) atoms. The van der Waals surface area contributed by atoms with Crippen LogP contribution in [0, 0.1) is 19.3 Å². The van der Waals surface area contributed by atoms with Crippen molar-refractivity contribution in [3.8, 4) is 0 Å². The first-order chi connectivity index (χ1) is 12.5. The SMILES string of the molecule is CCCN1CC[C@@H]2N(C(=O)c3cc(C)n(CC)c3C)CCC[C@@]2(CO)C1. The molecule has 2 saturated heterocycles. The molecule has 1 aromatic rings. The third kappa shape index (κ3) is 3.20. The second-order valence-electron chi connectivity index (χ2n) is 8.23. The van der Waals surface area contributed by atoms with Crippen LogP contribution in [-0.4, -0.2) is 64.2 Å². The van der Waals surface area contributed by atoms with E-state index in [1.165, 1.54) is 0 Å². The van der Waals surface area contributed by atoms with Gasteiger partial charge in [-0.2, -0.15) is 0 Å². The maximum atomic E-state index is 13.4. The van der Waals surface area contributed by atoms with Gasteiger partial charge in [0.2, 0.25) is 0 Å². The first kappa shape index (κ1) is 19.4. The number of piperidine rings is 2. The summed E-state index contributed by atoms with van der Waals surface area (Å²) in [7, 11) is 0. The molecule has 0 spiro atoms. The van der Waals surface area contributed by atoms with Crippen LogP contribution in [-0.2, 0) is 6.54 Å². The zero-order chi connectivity index (χ0) is 18.9. The van der Waals surface area contributed by atoms with Crippen molar-refractivity contribution in [3.63, 3.8) is 0 Å². The molecule has 0 aliphatic carbocycles. The highest BCUT2D eigenvalue weighted by atomic mass is 16.3. The number of amides is 1. The number of hydrogen-bond donors (Lipinski definition) is 1. The van der Waals surface area contributed by atoms with Gasteiger partial charge in [-0.1, -0.05) is 6.92 Å². The normalized spacial score (nSPS) is 26.8. The summed E-state index contributed by atoms with van der Waals surface area (Å²) in [5, 5.41) is 10.3. The number of hydrogen-bond acceptors (Lipinski definition) is 3. The van der Waals surface area contributed by atoms with Crippen molar-refractivity contribution in [3.05, 3.63) is 23.0 Å². The number of rotatable bonds is 5. The van der Waals surface area contributed by atoms with E-state index in [2.05, 4.69) is 42.1 Å². The van der Waals surface area contributed by atoms with E-state index in [4.69, 9.17) is 0 Å². The minimum absolute atomic E-state index is 0.155. The quantitative estimate of drug-likeness (QED) is 0.877. The van der Waals surface area contributed by atoms with Gasteiger partial charge in [-0.05, 0) is 59.1 Å². The van der Waals surface area contributed by atoms with E-state index in [0.29, 0.717) is 0 Å². The summed E-state index contributed by atoms with van der Waals surface area (Å²) >= 11 is 0. The van der Waals surface area contributed by atoms with Gasteiger partial charge in [-0.3, -0.25) is 4.79 Å². The average molecular weight is 362 g/mol. The maximum Gasteiger partial charge on any atom is 0.255 e. The van der Waals surface area contributed by atoms with Gasteiger partial charge < -0.3 is 19.5 Å². The largest absolute Gasteiger partial charge is 0.396 e. The topological polar surface area (TPSA) is 48.7 Å². The van der Waals surface area contributed by atoms with Crippen molar-refractivity contribution in [2.45, 2.75) is 66.0 Å². The summed E-state index contributed by atoms with van der Waals surface area (Å²) in [5.74, 6) is 0.157. The molecule has 2 aliphatic heterocycles. The zero-order valence-electron chi connectivity index (χ0n) is 16.9. The van der Waals surface area contributed by atoms with Gasteiger partial charge in [0, 0.05) is 49.0 Å². The smallest absolute Gasteiger partial charge is 0.255 e. The first-order valence-corrected chi connectivity index (χ1v) is 10.3. The van der Waals surface area contributed by atoms with Crippen LogP contribution in [0.3, 0.4) is 0 Å². The zero-order valence-corrected chi connectivity index (χ0v) is 16.9. The Hall–Kier alpha value is -1.33. The lowest BCUT2D eigenvalue weighted by Gasteiger charge is -2.54. The molecule has 3 rings (SSSR count). The fraction of sp³-hybridized carbons (Fsp3) is 0.762. The van der Waals surface area contributed by atoms with Crippen LogP contribution in [0.2, 0.25) is 0 Å². The van der Waals surface area contributed by atoms with Crippen LogP contribution in [0.4, 0.5) is 0 Å². The highest BCUT2D eigenvalue weighted by Gasteiger charge is 2.49. The molecule has 2 aliphatic rings. The fourth-order valence-corrected chi connectivity index (χ4v) is 5.37. The molecule has 2 fully saturated rings. The van der Waals surface area contributed by atoms with E-state index >= 15 is 0 Å². The summed E-state index contributed by atoms with van der Waals surface area (Å²) < 4.78 is 2.21. The Kier molecular flexibility index (Phi) is 5.78. The lowest BCUT2D eigenvalue weighted by Crippen LogP contribution is -2.63. The molecule has 1 amide bonds. The molecule has 0 bridgehead atoms. The summed E-state index contributed by atoms with van der Waals surface area (Å²) in [4.78, 5) is 18.0. The Bertz CT molecular complexity index is 654. The van der Waals surface area contributed by atoms with Crippen molar-refractivity contribution in [2.75, 3.05) is 32.8 Å². The van der Waals surface area contributed by atoms with E-state index in [1.807, 2.05) is 6.07 Å². The molecule has 0 aromatic carbocycles. The molecule has 5 nitrogen and oxygen atoms in total. The van der Waals surface area contributed by atoms with E-state index in [1.54, 1.807) is 0 Å². The predicted octanol–water partition coefficient (Wildman–Crippen LogP) is 2.82. The monoisotopic (exact) mass is 361 g/mol. The van der Waals surface area contributed by atoms with E-state index < -0.39 is 0 Å². The Morgan fingerprint density at radius 3 is 2.69 bits per heavy atom. The van der Waals surface area contributed by atoms with Crippen LogP contribution < -0.4 is 0 Å². The Morgan fingerprint density at radius 2 is 2.08 bits per heavy atom. The van der Waals surface area contributed by atoms with Crippen LogP contribution >= 0.6 is 0 Å². The van der Waals surface area contributed by atoms with Crippen molar-refractivity contribution in [1.82, 2.24) is 14.4 Å². The molecule has 0 radical (unpaired) electrons. The summed E-state index contributed by atoms with van der Waals surface area (Å²) in [6.45, 7) is 13.4. The van der Waals surface area contributed by atoms with Crippen molar-refractivity contribution in [2.24, 2.45) is 5.41 Å². The Balaban J connectivity index is 1.87. The van der Waals surface area contributed by atoms with Gasteiger partial charge in [0.25, 0.3) is 5.91 Å². The maximum absolute atomic E-state index is 13.4. The van der Waals surface area contributed by atoms with Crippen LogP contribution in [0.15, 0.2) is 6.07 Å². The number of carbonyl (C=O) groups excluding carboxylic acids is 1. The standard InChI is InChI=1S/C21H35N3O2/c1-5-10-22-12-8-19-21(14-22,15-25)9-7-11-24(19)20(26)18-13-16(3)23(6-2)17(18)4/h13,19,25H,5-12,14-15H2,1-4H3/t19-,21-/m0/s1. The minimum Gasteiger partial charge on any atom is -0.396 e. The lowest BCUT2D eigenvalue weighted by molar-refractivity contribution is -0.0665. The number of nitrogens with zero attached hydrogens (tertiary/aromatic N) is 3. The second-order valence-corrected chi connectivity index (χ2v) is 8.23. The number of aryl methyl sites for hydroxylation is 1. The Morgan fingerprint density at radius 1 is 1.31 bits per heavy atom. The number of likely N-dealkylation sites (tertiary alicyclic amines) is 2. The molecule has 5 heteroatoms. The Labute approximate surface area is 158 Å². The van der Waals surface area contributed by atoms with Crippen LogP contribution in [0.5, 0.6) is 0 Å². The number of aliphatic hydroxyl groups excluding tert-OH is 1. The number of aliphatic hydroxyl groups is 1. The van der Waals surface area contributed by atoms with E-state index in [9.17, 15) is 9.90 Å². The molecular formula is C21H35N3O2. The second kappa shape index (κ2) is 7.73. The summed E-state index contributed by atoms with van der Waals surface area (Å²) in [6.07, 6.45) is 4.11. The molecule has 1 N–H and O–H groups in total. The first-order valence-electron chi connectivity index (χ1n) is 10.3. The highest BCUT2D eigenvalue weighted by Crippen LogP contribution is 2.42. The third-order valence-corrected chi connectivity index (χ3v) is 6.65. The molecule has 146 valence electrons. The van der Waals surface area contributed by atoms with E-state index in [0.717, 1.165) is 75.4 Å². The van der Waals surface area contributed by atoms with Gasteiger partial charge in [0.1, 0.15) is 0 Å². The molecule has 0 unspecified atom stereocenters. The number of fused-ring (bicyclic) bond motifs is 1. The van der Waals surface area contributed by atoms with Crippen molar-refractivity contribution < 1.29 is 9.90 Å². The van der Waals surface area contributed by atoms with Crippen molar-refractivity contribution in [1.29, 1.82) is 0 Å². The van der Waals surface area contributed by atoms with Crippen molar-refractivity contribution >= 4 is 5.91 Å². The highest BCUT2D eigenvalue weighted by molar-refractivity contribution is 5.96. The van der Waals surface area contributed by atoms with Gasteiger partial charge >= 0.3 is 0 Å². The van der Waals surface area contributed by atoms with Crippen LogP contribution in [0.1, 0.15) is 61.3 Å². The van der Waals surface area contributed by atoms with E-state index in [-0.39, 0.29) is 24.0 Å². The average Bonchev–Trinajstić information content (AvgIpc) is 2.94. The molecule has 3 heterocycles. The molecule has 0 saturated carbocycles. The van der Waals surface area contributed by atoms with Gasteiger partial charge in [0.15, 0.2) is 0 Å². The fourth-order valence-electron chi connectivity index (χ4n) is 5.37. The van der Waals surface area contributed by atoms with Gasteiger partial charge in [-0.15, -0.1) is 0 Å². The summed E-state index contributed by atoms with van der Waals surface area (Å²) in [5.41, 5.74) is 2.90. The number of carbonyl (C=O) groups is 1. The number of aromatic nitrogens is 1. The van der Waals surface area contributed by atoms with Crippen LogP contribution in [0.25, 0.3) is 0 Å². The van der Waals surface area contributed by atoms with Gasteiger partial charge in [-0.25, -0.2) is 0 Å². The predicted molar refractivity (Wildman–Crippen MR) is 105 cm³/mol. The lowest BCUT2D eigenvalue weighted by atomic mass is 9.69. The minimum atomic E-state index is -0.155.